The lowest BCUT2D eigenvalue weighted by molar-refractivity contribution is 0.0950. The quantitative estimate of drug-likeness (QED) is 0.574. The Balaban J connectivity index is 1.49. The molecule has 0 bridgehead atoms. The highest BCUT2D eigenvalue weighted by Gasteiger charge is 2.16. The van der Waals surface area contributed by atoms with Crippen molar-refractivity contribution in [3.63, 3.8) is 0 Å². The van der Waals surface area contributed by atoms with Gasteiger partial charge in [0.15, 0.2) is 0 Å². The van der Waals surface area contributed by atoms with Gasteiger partial charge in [0.25, 0.3) is 5.91 Å². The van der Waals surface area contributed by atoms with Gasteiger partial charge in [0.1, 0.15) is 10.8 Å². The van der Waals surface area contributed by atoms with E-state index < -0.39 is 0 Å². The summed E-state index contributed by atoms with van der Waals surface area (Å²) in [6.07, 6.45) is 1.66. The normalized spacial score (nSPS) is 11.2. The minimum absolute atomic E-state index is 0.0805. The molecule has 0 atom stereocenters. The highest BCUT2D eigenvalue weighted by atomic mass is 32.1. The second-order valence-corrected chi connectivity index (χ2v) is 7.32. The molecule has 0 spiro atoms. The zero-order valence-electron chi connectivity index (χ0n) is 14.7. The predicted molar refractivity (Wildman–Crippen MR) is 103 cm³/mol. The van der Waals surface area contributed by atoms with Crippen molar-refractivity contribution in [2.45, 2.75) is 26.9 Å². The summed E-state index contributed by atoms with van der Waals surface area (Å²) >= 11 is 1.61. The molecule has 0 aliphatic heterocycles. The van der Waals surface area contributed by atoms with Crippen molar-refractivity contribution < 1.29 is 9.21 Å². The van der Waals surface area contributed by atoms with Crippen molar-refractivity contribution in [1.82, 2.24) is 14.9 Å². The van der Waals surface area contributed by atoms with Gasteiger partial charge in [0.05, 0.1) is 35.1 Å². The van der Waals surface area contributed by atoms with E-state index in [1.807, 2.05) is 56.3 Å². The van der Waals surface area contributed by atoms with E-state index in [0.29, 0.717) is 18.7 Å². The Kier molecular flexibility index (Phi) is 4.34. The molecule has 5 nitrogen and oxygen atoms in total. The first-order chi connectivity index (χ1) is 12.6. The molecule has 1 aromatic carbocycles. The summed E-state index contributed by atoms with van der Waals surface area (Å²) in [4.78, 5) is 17.2. The number of fused-ring (bicyclic) bond motifs is 1. The lowest BCUT2D eigenvalue weighted by Gasteiger charge is -2.08. The Morgan fingerprint density at radius 1 is 1.23 bits per heavy atom. The first-order valence-electron chi connectivity index (χ1n) is 8.43. The molecular weight excluding hydrogens is 346 g/mol. The summed E-state index contributed by atoms with van der Waals surface area (Å²) in [7, 11) is 0. The van der Waals surface area contributed by atoms with Crippen LogP contribution in [0.15, 0.2) is 53.1 Å². The van der Waals surface area contributed by atoms with Crippen molar-refractivity contribution in [3.05, 3.63) is 76.4 Å². The van der Waals surface area contributed by atoms with Gasteiger partial charge in [0, 0.05) is 11.4 Å². The molecule has 0 radical (unpaired) electrons. The fourth-order valence-corrected chi connectivity index (χ4v) is 3.99. The number of benzene rings is 1. The zero-order valence-corrected chi connectivity index (χ0v) is 15.5. The smallest absolute Gasteiger partial charge is 0.253 e. The van der Waals surface area contributed by atoms with E-state index in [1.165, 1.54) is 0 Å². The lowest BCUT2D eigenvalue weighted by Crippen LogP contribution is -2.23. The van der Waals surface area contributed by atoms with Gasteiger partial charge in [0.2, 0.25) is 0 Å². The van der Waals surface area contributed by atoms with Crippen LogP contribution in [0.3, 0.4) is 0 Å². The number of aromatic nitrogens is 2. The number of para-hydroxylation sites is 1. The van der Waals surface area contributed by atoms with Crippen molar-refractivity contribution >= 4 is 27.5 Å². The van der Waals surface area contributed by atoms with Crippen molar-refractivity contribution in [1.29, 1.82) is 0 Å². The Morgan fingerprint density at radius 3 is 2.85 bits per heavy atom. The number of rotatable bonds is 5. The SMILES string of the molecule is Cc1cc(C(=O)NCc2nc3ccccc3s2)c(C)n1Cc1ccco1. The van der Waals surface area contributed by atoms with Crippen molar-refractivity contribution in [2.24, 2.45) is 0 Å². The number of aryl methyl sites for hydroxylation is 1. The third-order valence-corrected chi connectivity index (χ3v) is 5.49. The molecule has 1 amide bonds. The van der Waals surface area contributed by atoms with Crippen LogP contribution >= 0.6 is 11.3 Å². The van der Waals surface area contributed by atoms with Gasteiger partial charge in [-0.25, -0.2) is 4.98 Å². The molecule has 26 heavy (non-hydrogen) atoms. The standard InChI is InChI=1S/C20H19N3O2S/c1-13-10-16(14(2)23(13)12-15-6-5-9-25-15)20(24)21-11-19-22-17-7-3-4-8-18(17)26-19/h3-10H,11-12H2,1-2H3,(H,21,24). The van der Waals surface area contributed by atoms with Crippen LogP contribution in [0.25, 0.3) is 10.2 Å². The summed E-state index contributed by atoms with van der Waals surface area (Å²) in [6, 6.07) is 13.7. The van der Waals surface area contributed by atoms with Gasteiger partial charge in [-0.1, -0.05) is 12.1 Å². The largest absolute Gasteiger partial charge is 0.467 e. The Hall–Kier alpha value is -2.86. The summed E-state index contributed by atoms with van der Waals surface area (Å²) < 4.78 is 8.64. The molecule has 4 aromatic rings. The number of furan rings is 1. The van der Waals surface area contributed by atoms with E-state index in [-0.39, 0.29) is 5.91 Å². The lowest BCUT2D eigenvalue weighted by atomic mass is 10.2. The molecule has 4 rings (SSSR count). The molecule has 3 heterocycles. The summed E-state index contributed by atoms with van der Waals surface area (Å²) in [5, 5.41) is 3.90. The molecule has 0 unspecified atom stereocenters. The third kappa shape index (κ3) is 3.15. The molecule has 0 aliphatic rings. The van der Waals surface area contributed by atoms with E-state index >= 15 is 0 Å². The monoisotopic (exact) mass is 365 g/mol. The van der Waals surface area contributed by atoms with E-state index in [2.05, 4.69) is 14.9 Å². The van der Waals surface area contributed by atoms with Gasteiger partial charge in [-0.2, -0.15) is 0 Å². The highest BCUT2D eigenvalue weighted by Crippen LogP contribution is 2.22. The average molecular weight is 365 g/mol. The van der Waals surface area contributed by atoms with Crippen LogP contribution in [0.4, 0.5) is 0 Å². The number of carbonyl (C=O) groups is 1. The number of nitrogens with zero attached hydrogens (tertiary/aromatic N) is 2. The molecule has 0 saturated carbocycles. The molecule has 3 aromatic heterocycles. The maximum Gasteiger partial charge on any atom is 0.253 e. The van der Waals surface area contributed by atoms with Crippen LogP contribution in [0.2, 0.25) is 0 Å². The number of hydrogen-bond acceptors (Lipinski definition) is 4. The number of carbonyl (C=O) groups excluding carboxylic acids is 1. The first-order valence-corrected chi connectivity index (χ1v) is 9.25. The molecule has 0 saturated heterocycles. The fourth-order valence-electron chi connectivity index (χ4n) is 3.08. The van der Waals surface area contributed by atoms with Gasteiger partial charge in [-0.15, -0.1) is 11.3 Å². The molecular formula is C20H19N3O2S. The summed E-state index contributed by atoms with van der Waals surface area (Å²) in [6.45, 7) is 5.01. The summed E-state index contributed by atoms with van der Waals surface area (Å²) in [5.74, 6) is 0.788. The zero-order chi connectivity index (χ0) is 18.1. The van der Waals surface area contributed by atoms with Crippen LogP contribution in [0.1, 0.15) is 32.5 Å². The molecule has 0 fully saturated rings. The average Bonchev–Trinajstić information content (AvgIpc) is 3.35. The van der Waals surface area contributed by atoms with Gasteiger partial charge < -0.3 is 14.3 Å². The van der Waals surface area contributed by atoms with Crippen LogP contribution in [0.5, 0.6) is 0 Å². The van der Waals surface area contributed by atoms with Crippen LogP contribution in [-0.4, -0.2) is 15.5 Å². The summed E-state index contributed by atoms with van der Waals surface area (Å²) in [5.41, 5.74) is 3.62. The fraction of sp³-hybridized carbons (Fsp3) is 0.200. The number of amides is 1. The molecule has 0 aliphatic carbocycles. The van der Waals surface area contributed by atoms with Gasteiger partial charge in [-0.3, -0.25) is 4.79 Å². The van der Waals surface area contributed by atoms with Crippen molar-refractivity contribution in [3.8, 4) is 0 Å². The Morgan fingerprint density at radius 2 is 2.08 bits per heavy atom. The minimum atomic E-state index is -0.0805. The van der Waals surface area contributed by atoms with Crippen molar-refractivity contribution in [2.75, 3.05) is 0 Å². The van der Waals surface area contributed by atoms with Crippen LogP contribution < -0.4 is 5.32 Å². The molecule has 6 heteroatoms. The van der Waals surface area contributed by atoms with E-state index in [4.69, 9.17) is 4.42 Å². The molecule has 132 valence electrons. The topological polar surface area (TPSA) is 60.1 Å². The van der Waals surface area contributed by atoms with E-state index in [0.717, 1.165) is 32.4 Å². The predicted octanol–water partition coefficient (Wildman–Crippen LogP) is 4.29. The number of hydrogen-bond donors (Lipinski definition) is 1. The van der Waals surface area contributed by atoms with Gasteiger partial charge in [-0.05, 0) is 44.2 Å². The van der Waals surface area contributed by atoms with Crippen LogP contribution in [-0.2, 0) is 13.1 Å². The number of nitrogens with one attached hydrogen (secondary N) is 1. The van der Waals surface area contributed by atoms with E-state index in [9.17, 15) is 4.79 Å². The Bertz CT molecular complexity index is 1030. The van der Waals surface area contributed by atoms with Gasteiger partial charge >= 0.3 is 0 Å². The maximum atomic E-state index is 12.7. The highest BCUT2D eigenvalue weighted by molar-refractivity contribution is 7.18. The second-order valence-electron chi connectivity index (χ2n) is 6.21. The number of thiazole rings is 1. The second kappa shape index (κ2) is 6.80. The minimum Gasteiger partial charge on any atom is -0.467 e. The van der Waals surface area contributed by atoms with E-state index in [1.54, 1.807) is 17.6 Å². The van der Waals surface area contributed by atoms with Crippen LogP contribution in [0, 0.1) is 13.8 Å². The molecule has 1 N–H and O–H groups in total. The first kappa shape index (κ1) is 16.6. The third-order valence-electron chi connectivity index (χ3n) is 4.45. The maximum absolute atomic E-state index is 12.7. The Labute approximate surface area is 155 Å².